The lowest BCUT2D eigenvalue weighted by Gasteiger charge is -2.04. The largest absolute Gasteiger partial charge is 0.221 e. The van der Waals surface area contributed by atoms with Crippen molar-refractivity contribution in [1.29, 1.82) is 5.26 Å². The van der Waals surface area contributed by atoms with Crippen LogP contribution in [-0.4, -0.2) is 9.78 Å². The van der Waals surface area contributed by atoms with Crippen molar-refractivity contribution in [2.24, 2.45) is 0 Å². The number of hydrogen-bond donors (Lipinski definition) is 0. The lowest BCUT2D eigenvalue weighted by molar-refractivity contribution is 0.863. The number of aromatic nitrogens is 2. The SMILES string of the molecule is Cc1nn(-c2ccccc2)c(Cl)c1-c1ccc(C#N)cc1. The number of rotatable bonds is 2. The number of halogens is 1. The first-order valence-corrected chi connectivity index (χ1v) is 6.89. The van der Waals surface area contributed by atoms with Gasteiger partial charge in [-0.2, -0.15) is 10.4 Å². The van der Waals surface area contributed by atoms with E-state index in [9.17, 15) is 0 Å². The predicted octanol–water partition coefficient (Wildman–Crippen LogP) is 4.37. The van der Waals surface area contributed by atoms with Gasteiger partial charge in [0.05, 0.1) is 23.0 Å². The van der Waals surface area contributed by atoms with Crippen molar-refractivity contribution in [1.82, 2.24) is 9.78 Å². The van der Waals surface area contributed by atoms with Gasteiger partial charge in [-0.15, -0.1) is 0 Å². The highest BCUT2D eigenvalue weighted by atomic mass is 35.5. The van der Waals surface area contributed by atoms with Gasteiger partial charge in [-0.25, -0.2) is 4.68 Å². The highest BCUT2D eigenvalue weighted by Crippen LogP contribution is 2.32. The lowest BCUT2D eigenvalue weighted by Crippen LogP contribution is -1.95. The summed E-state index contributed by atoms with van der Waals surface area (Å²) in [5, 5.41) is 14.0. The fraction of sp³-hybridized carbons (Fsp3) is 0.0588. The number of aryl methyl sites for hydroxylation is 1. The smallest absolute Gasteiger partial charge is 0.140 e. The van der Waals surface area contributed by atoms with Crippen LogP contribution in [0.2, 0.25) is 5.15 Å². The van der Waals surface area contributed by atoms with E-state index in [-0.39, 0.29) is 0 Å². The zero-order valence-electron chi connectivity index (χ0n) is 11.4. The first kappa shape index (κ1) is 13.4. The van der Waals surface area contributed by atoms with Crippen molar-refractivity contribution in [3.8, 4) is 22.9 Å². The molecule has 0 aliphatic heterocycles. The number of hydrogen-bond acceptors (Lipinski definition) is 2. The molecule has 3 aromatic rings. The zero-order chi connectivity index (χ0) is 14.8. The van der Waals surface area contributed by atoms with Crippen LogP contribution in [0, 0.1) is 18.3 Å². The fourth-order valence-corrected chi connectivity index (χ4v) is 2.66. The Morgan fingerprint density at radius 2 is 1.71 bits per heavy atom. The molecule has 2 aromatic carbocycles. The van der Waals surface area contributed by atoms with E-state index in [1.807, 2.05) is 49.4 Å². The Morgan fingerprint density at radius 1 is 1.05 bits per heavy atom. The van der Waals surface area contributed by atoms with E-state index in [4.69, 9.17) is 16.9 Å². The number of para-hydroxylation sites is 1. The molecule has 0 radical (unpaired) electrons. The molecule has 0 amide bonds. The lowest BCUT2D eigenvalue weighted by atomic mass is 10.1. The van der Waals surface area contributed by atoms with Gasteiger partial charge in [0.2, 0.25) is 0 Å². The minimum absolute atomic E-state index is 0.573. The molecule has 0 fully saturated rings. The van der Waals surface area contributed by atoms with E-state index >= 15 is 0 Å². The summed E-state index contributed by atoms with van der Waals surface area (Å²) >= 11 is 6.51. The van der Waals surface area contributed by atoms with Crippen molar-refractivity contribution in [3.63, 3.8) is 0 Å². The van der Waals surface area contributed by atoms with Crippen LogP contribution < -0.4 is 0 Å². The quantitative estimate of drug-likeness (QED) is 0.704. The molecule has 0 atom stereocenters. The Morgan fingerprint density at radius 3 is 2.33 bits per heavy atom. The summed E-state index contributed by atoms with van der Waals surface area (Å²) in [4.78, 5) is 0. The van der Waals surface area contributed by atoms with E-state index in [0.29, 0.717) is 10.7 Å². The number of nitrogens with zero attached hydrogens (tertiary/aromatic N) is 3. The van der Waals surface area contributed by atoms with Crippen molar-refractivity contribution in [3.05, 3.63) is 71.0 Å². The first-order valence-electron chi connectivity index (χ1n) is 6.52. The van der Waals surface area contributed by atoms with Crippen LogP contribution in [0.1, 0.15) is 11.3 Å². The van der Waals surface area contributed by atoms with Crippen molar-refractivity contribution >= 4 is 11.6 Å². The first-order chi connectivity index (χ1) is 10.2. The van der Waals surface area contributed by atoms with Gasteiger partial charge in [0.25, 0.3) is 0 Å². The topological polar surface area (TPSA) is 41.6 Å². The predicted molar refractivity (Wildman–Crippen MR) is 83.5 cm³/mol. The van der Waals surface area contributed by atoms with Crippen LogP contribution in [0.25, 0.3) is 16.8 Å². The van der Waals surface area contributed by atoms with Gasteiger partial charge in [0, 0.05) is 5.56 Å². The van der Waals surface area contributed by atoms with E-state index in [1.54, 1.807) is 16.8 Å². The van der Waals surface area contributed by atoms with Gasteiger partial charge in [0.15, 0.2) is 0 Å². The number of benzene rings is 2. The molecule has 0 N–H and O–H groups in total. The summed E-state index contributed by atoms with van der Waals surface area (Å²) in [6, 6.07) is 19.2. The van der Waals surface area contributed by atoms with Gasteiger partial charge in [0.1, 0.15) is 5.15 Å². The van der Waals surface area contributed by atoms with Crippen molar-refractivity contribution in [2.45, 2.75) is 6.92 Å². The third kappa shape index (κ3) is 2.42. The van der Waals surface area contributed by atoms with E-state index in [1.165, 1.54) is 0 Å². The molecule has 102 valence electrons. The second kappa shape index (κ2) is 5.43. The molecule has 4 heteroatoms. The van der Waals surface area contributed by atoms with Crippen LogP contribution in [0.4, 0.5) is 0 Å². The monoisotopic (exact) mass is 293 g/mol. The maximum absolute atomic E-state index is 8.87. The molecule has 0 saturated carbocycles. The molecule has 0 aliphatic carbocycles. The minimum Gasteiger partial charge on any atom is -0.221 e. The minimum atomic E-state index is 0.573. The van der Waals surface area contributed by atoms with E-state index in [0.717, 1.165) is 22.5 Å². The van der Waals surface area contributed by atoms with Gasteiger partial charge >= 0.3 is 0 Å². The molecule has 21 heavy (non-hydrogen) atoms. The second-order valence-corrected chi connectivity index (χ2v) is 5.05. The molecule has 3 nitrogen and oxygen atoms in total. The summed E-state index contributed by atoms with van der Waals surface area (Å²) in [6.07, 6.45) is 0. The Hall–Kier alpha value is -2.57. The molecule has 0 saturated heterocycles. The van der Waals surface area contributed by atoms with Crippen molar-refractivity contribution in [2.75, 3.05) is 0 Å². The van der Waals surface area contributed by atoms with Gasteiger partial charge < -0.3 is 0 Å². The Kier molecular flexibility index (Phi) is 3.47. The fourth-order valence-electron chi connectivity index (χ4n) is 2.28. The molecule has 1 heterocycles. The van der Waals surface area contributed by atoms with E-state index < -0.39 is 0 Å². The van der Waals surface area contributed by atoms with Crippen LogP contribution in [0.5, 0.6) is 0 Å². The molecule has 0 bridgehead atoms. The Labute approximate surface area is 128 Å². The molecule has 0 unspecified atom stereocenters. The van der Waals surface area contributed by atoms with Crippen molar-refractivity contribution < 1.29 is 0 Å². The van der Waals surface area contributed by atoms with Crippen LogP contribution >= 0.6 is 11.6 Å². The highest BCUT2D eigenvalue weighted by Gasteiger charge is 2.16. The molecule has 0 spiro atoms. The molecule has 0 aliphatic rings. The number of nitriles is 1. The maximum atomic E-state index is 8.87. The third-order valence-electron chi connectivity index (χ3n) is 3.31. The van der Waals surface area contributed by atoms with Gasteiger partial charge in [-0.1, -0.05) is 41.9 Å². The van der Waals surface area contributed by atoms with Crippen LogP contribution in [0.3, 0.4) is 0 Å². The zero-order valence-corrected chi connectivity index (χ0v) is 12.2. The van der Waals surface area contributed by atoms with Crippen LogP contribution in [-0.2, 0) is 0 Å². The van der Waals surface area contributed by atoms with Gasteiger partial charge in [-0.05, 0) is 36.8 Å². The molecule has 1 aromatic heterocycles. The highest BCUT2D eigenvalue weighted by molar-refractivity contribution is 6.32. The molecular formula is C17H12ClN3. The maximum Gasteiger partial charge on any atom is 0.140 e. The standard InChI is InChI=1S/C17H12ClN3/c1-12-16(14-9-7-13(11-19)8-10-14)17(18)21(20-12)15-5-3-2-4-6-15/h2-10H,1H3. The normalized spacial score (nSPS) is 10.3. The van der Waals surface area contributed by atoms with Gasteiger partial charge in [-0.3, -0.25) is 0 Å². The molecule has 3 rings (SSSR count). The summed E-state index contributed by atoms with van der Waals surface area (Å²) in [5.74, 6) is 0. The summed E-state index contributed by atoms with van der Waals surface area (Å²) in [6.45, 7) is 1.93. The summed E-state index contributed by atoms with van der Waals surface area (Å²) in [7, 11) is 0. The summed E-state index contributed by atoms with van der Waals surface area (Å²) in [5.41, 5.74) is 4.26. The average Bonchev–Trinajstić information content (AvgIpc) is 2.83. The average molecular weight is 294 g/mol. The summed E-state index contributed by atoms with van der Waals surface area (Å²) < 4.78 is 1.73. The Balaban J connectivity index is 2.12. The van der Waals surface area contributed by atoms with Crippen LogP contribution in [0.15, 0.2) is 54.6 Å². The molecular weight excluding hydrogens is 282 g/mol. The Bertz CT molecular complexity index is 812. The third-order valence-corrected chi connectivity index (χ3v) is 3.66. The second-order valence-electron chi connectivity index (χ2n) is 4.69. The van der Waals surface area contributed by atoms with E-state index in [2.05, 4.69) is 11.2 Å².